The highest BCUT2D eigenvalue weighted by atomic mass is 16.5. The molecule has 2 aliphatic heterocycles. The van der Waals surface area contributed by atoms with E-state index in [-0.39, 0.29) is 0 Å². The predicted octanol–water partition coefficient (Wildman–Crippen LogP) is 3.19. The molecule has 2 bridgehead atoms. The standard InChI is InChI=1S/C24H28N7O/c1-15-12-26-22(13-25-15)19-6-7-20(28-24(19)32-3)21-8-9-23(30-29-21)31(2)14-16-10-17-4-5-18(11-16)27-17/h6-9,12-14,16-18,27H,4-5,10-11H2,1-3H3/q+1. The number of piperidine rings is 1. The van der Waals surface area contributed by atoms with Gasteiger partial charge in [0, 0.05) is 30.3 Å². The molecule has 0 saturated carbocycles. The maximum Gasteiger partial charge on any atom is 0.350 e. The van der Waals surface area contributed by atoms with Crippen molar-refractivity contribution in [3.05, 3.63) is 42.4 Å². The highest BCUT2D eigenvalue weighted by molar-refractivity contribution is 5.68. The van der Waals surface area contributed by atoms with Crippen LogP contribution in [0, 0.1) is 12.8 Å². The number of hydrogen-bond donors (Lipinski definition) is 1. The summed E-state index contributed by atoms with van der Waals surface area (Å²) in [4.78, 5) is 13.4. The molecular weight excluding hydrogens is 402 g/mol. The summed E-state index contributed by atoms with van der Waals surface area (Å²) in [5.41, 5.74) is 3.77. The first-order valence-corrected chi connectivity index (χ1v) is 11.1. The van der Waals surface area contributed by atoms with Gasteiger partial charge >= 0.3 is 5.82 Å². The van der Waals surface area contributed by atoms with E-state index in [1.165, 1.54) is 25.7 Å². The molecule has 5 rings (SSSR count). The van der Waals surface area contributed by atoms with Gasteiger partial charge in [-0.1, -0.05) is 0 Å². The Morgan fingerprint density at radius 2 is 1.75 bits per heavy atom. The Labute approximate surface area is 187 Å². The van der Waals surface area contributed by atoms with Crippen molar-refractivity contribution < 1.29 is 9.31 Å². The second-order valence-electron chi connectivity index (χ2n) is 8.70. The van der Waals surface area contributed by atoms with Crippen LogP contribution < -0.4 is 10.1 Å². The van der Waals surface area contributed by atoms with E-state index in [4.69, 9.17) is 4.74 Å². The molecule has 1 N–H and O–H groups in total. The number of aromatic nitrogens is 5. The number of fused-ring (bicyclic) bond motifs is 2. The van der Waals surface area contributed by atoms with Crippen molar-refractivity contribution in [2.45, 2.75) is 44.7 Å². The zero-order chi connectivity index (χ0) is 22.1. The lowest BCUT2D eigenvalue weighted by Gasteiger charge is -2.26. The van der Waals surface area contributed by atoms with Crippen molar-refractivity contribution in [3.63, 3.8) is 0 Å². The van der Waals surface area contributed by atoms with E-state index in [0.717, 1.165) is 22.8 Å². The second-order valence-corrected chi connectivity index (χ2v) is 8.70. The fraction of sp³-hybridized carbons (Fsp3) is 0.417. The van der Waals surface area contributed by atoms with Gasteiger partial charge in [0.25, 0.3) is 0 Å². The summed E-state index contributed by atoms with van der Waals surface area (Å²) in [7, 11) is 3.65. The number of methoxy groups -OCH3 is 1. The molecule has 0 aromatic carbocycles. The quantitative estimate of drug-likeness (QED) is 0.491. The third-order valence-electron chi connectivity index (χ3n) is 6.33. The summed E-state index contributed by atoms with van der Waals surface area (Å²) in [6.45, 7) is 1.91. The molecule has 2 aliphatic rings. The fourth-order valence-electron chi connectivity index (χ4n) is 4.73. The van der Waals surface area contributed by atoms with Crippen LogP contribution in [-0.4, -0.2) is 62.2 Å². The minimum absolute atomic E-state index is 0.484. The molecule has 0 radical (unpaired) electrons. The molecule has 32 heavy (non-hydrogen) atoms. The summed E-state index contributed by atoms with van der Waals surface area (Å²) in [6.07, 6.45) is 10.8. The number of ether oxygens (including phenoxy) is 1. The van der Waals surface area contributed by atoms with E-state index >= 15 is 0 Å². The van der Waals surface area contributed by atoms with E-state index in [2.05, 4.69) is 41.3 Å². The first-order valence-electron chi connectivity index (χ1n) is 11.1. The molecule has 5 heterocycles. The van der Waals surface area contributed by atoms with Gasteiger partial charge in [-0.25, -0.2) is 9.56 Å². The van der Waals surface area contributed by atoms with Crippen LogP contribution in [0.1, 0.15) is 31.4 Å². The van der Waals surface area contributed by atoms with E-state index in [1.54, 1.807) is 19.5 Å². The number of nitrogens with one attached hydrogen (secondary N) is 1. The van der Waals surface area contributed by atoms with Crippen molar-refractivity contribution in [3.8, 4) is 28.5 Å². The SMILES string of the molecule is COc1nc(-c2ccc([N+](C)=CC3CC4CCC(C3)N4)nn2)ccc1-c1cnc(C)cn1. The molecule has 2 saturated heterocycles. The average Bonchev–Trinajstić information content (AvgIpc) is 3.17. The molecule has 3 aromatic heterocycles. The Kier molecular flexibility index (Phi) is 5.61. The highest BCUT2D eigenvalue weighted by Crippen LogP contribution is 2.31. The maximum atomic E-state index is 5.52. The molecular formula is C24H28N7O+. The van der Waals surface area contributed by atoms with E-state index in [0.29, 0.717) is 35.3 Å². The Hall–Kier alpha value is -3.26. The van der Waals surface area contributed by atoms with Gasteiger partial charge in [-0.3, -0.25) is 9.97 Å². The van der Waals surface area contributed by atoms with Crippen LogP contribution in [0.4, 0.5) is 5.82 Å². The van der Waals surface area contributed by atoms with Gasteiger partial charge in [0.05, 0.1) is 54.3 Å². The van der Waals surface area contributed by atoms with Crippen LogP contribution in [0.5, 0.6) is 5.88 Å². The average molecular weight is 431 g/mol. The van der Waals surface area contributed by atoms with Crippen LogP contribution in [0.25, 0.3) is 22.6 Å². The molecule has 2 atom stereocenters. The largest absolute Gasteiger partial charge is 0.480 e. The smallest absolute Gasteiger partial charge is 0.350 e. The summed E-state index contributed by atoms with van der Waals surface area (Å²) >= 11 is 0. The Morgan fingerprint density at radius 3 is 2.41 bits per heavy atom. The van der Waals surface area contributed by atoms with Crippen molar-refractivity contribution >= 4 is 12.0 Å². The van der Waals surface area contributed by atoms with Crippen LogP contribution in [0.3, 0.4) is 0 Å². The normalized spacial score (nSPS) is 22.7. The first-order chi connectivity index (χ1) is 15.6. The second kappa shape index (κ2) is 8.70. The van der Waals surface area contributed by atoms with Crippen LogP contribution in [0.2, 0.25) is 0 Å². The summed E-state index contributed by atoms with van der Waals surface area (Å²) < 4.78 is 7.61. The van der Waals surface area contributed by atoms with Gasteiger partial charge in [-0.05, 0) is 55.9 Å². The van der Waals surface area contributed by atoms with Crippen LogP contribution >= 0.6 is 0 Å². The van der Waals surface area contributed by atoms with Gasteiger partial charge in [0.15, 0.2) is 0 Å². The van der Waals surface area contributed by atoms with Crippen molar-refractivity contribution in [2.24, 2.45) is 5.92 Å². The van der Waals surface area contributed by atoms with Gasteiger partial charge in [0.1, 0.15) is 5.69 Å². The number of hydrogen-bond acceptors (Lipinski definition) is 7. The predicted molar refractivity (Wildman–Crippen MR) is 122 cm³/mol. The number of nitrogens with zero attached hydrogens (tertiary/aromatic N) is 6. The van der Waals surface area contributed by atoms with E-state index in [9.17, 15) is 0 Å². The first kappa shape index (κ1) is 20.6. The number of aryl methyl sites for hydroxylation is 1. The van der Waals surface area contributed by atoms with Gasteiger partial charge in [0.2, 0.25) is 5.88 Å². The fourth-order valence-corrected chi connectivity index (χ4v) is 4.73. The summed E-state index contributed by atoms with van der Waals surface area (Å²) in [6, 6.07) is 9.12. The Morgan fingerprint density at radius 1 is 0.969 bits per heavy atom. The van der Waals surface area contributed by atoms with Crippen molar-refractivity contribution in [1.82, 2.24) is 30.5 Å². The number of pyridine rings is 1. The van der Waals surface area contributed by atoms with E-state index in [1.807, 2.05) is 38.2 Å². The molecule has 8 heteroatoms. The molecule has 2 unspecified atom stereocenters. The van der Waals surface area contributed by atoms with Crippen LogP contribution in [0.15, 0.2) is 36.7 Å². The molecule has 0 aliphatic carbocycles. The van der Waals surface area contributed by atoms with Crippen LogP contribution in [-0.2, 0) is 0 Å². The summed E-state index contributed by atoms with van der Waals surface area (Å²) in [5, 5.41) is 12.6. The minimum atomic E-state index is 0.484. The van der Waals surface area contributed by atoms with Gasteiger partial charge < -0.3 is 10.1 Å². The Bertz CT molecular complexity index is 1120. The van der Waals surface area contributed by atoms with Crippen molar-refractivity contribution in [2.75, 3.05) is 14.2 Å². The third kappa shape index (κ3) is 4.23. The molecule has 164 valence electrons. The molecule has 8 nitrogen and oxygen atoms in total. The molecule has 3 aromatic rings. The molecule has 0 amide bonds. The molecule has 0 spiro atoms. The topological polar surface area (TPSA) is 88.7 Å². The molecule has 2 fully saturated rings. The summed E-state index contributed by atoms with van der Waals surface area (Å²) in [5.74, 6) is 1.90. The number of rotatable bonds is 5. The lowest BCUT2D eigenvalue weighted by Crippen LogP contribution is -2.39. The van der Waals surface area contributed by atoms with Crippen molar-refractivity contribution in [1.29, 1.82) is 0 Å². The van der Waals surface area contributed by atoms with E-state index < -0.39 is 0 Å². The maximum absolute atomic E-state index is 5.52. The lowest BCUT2D eigenvalue weighted by molar-refractivity contribution is -0.407. The monoisotopic (exact) mass is 430 g/mol. The van der Waals surface area contributed by atoms with Gasteiger partial charge in [-0.15, -0.1) is 0 Å². The lowest BCUT2D eigenvalue weighted by atomic mass is 9.93. The Balaban J connectivity index is 1.35. The highest BCUT2D eigenvalue weighted by Gasteiger charge is 2.33. The zero-order valence-electron chi connectivity index (χ0n) is 18.7. The minimum Gasteiger partial charge on any atom is -0.480 e. The third-order valence-corrected chi connectivity index (χ3v) is 6.33. The van der Waals surface area contributed by atoms with Gasteiger partial charge in [-0.2, -0.15) is 0 Å². The zero-order valence-corrected chi connectivity index (χ0v) is 18.7.